The summed E-state index contributed by atoms with van der Waals surface area (Å²) in [5, 5.41) is 6.57. The highest BCUT2D eigenvalue weighted by Gasteiger charge is 2.15. The third kappa shape index (κ3) is 4.38. The Bertz CT molecular complexity index is 871. The highest BCUT2D eigenvalue weighted by atomic mass is 35.5. The van der Waals surface area contributed by atoms with Gasteiger partial charge in [-0.05, 0) is 29.8 Å². The first kappa shape index (κ1) is 18.8. The molecular weight excluding hydrogens is 398 g/mol. The number of methoxy groups -OCH3 is 1. The summed E-state index contributed by atoms with van der Waals surface area (Å²) >= 11 is 13.9. The number of thiazole rings is 1. The summed E-state index contributed by atoms with van der Waals surface area (Å²) in [5.74, 6) is 0.365. The Kier molecular flexibility index (Phi) is 6.19. The minimum atomic E-state index is -0.433. The van der Waals surface area contributed by atoms with Gasteiger partial charge in [0.1, 0.15) is 12.4 Å². The molecule has 2 aromatic carbocycles. The SMILES string of the molecule is COc1cc(CNc2nccs2)cc(Cl)c1OCc1c(F)cccc1Cl. The maximum absolute atomic E-state index is 13.9. The standard InChI is InChI=1S/C18H15Cl2FN2O2S/c1-24-16-8-11(9-23-18-22-5-6-26-18)7-14(20)17(16)25-10-12-13(19)3-2-4-15(12)21/h2-8H,9-10H2,1H3,(H,22,23). The maximum atomic E-state index is 13.9. The molecule has 4 nitrogen and oxygen atoms in total. The van der Waals surface area contributed by atoms with E-state index in [2.05, 4.69) is 10.3 Å². The first-order valence-corrected chi connectivity index (χ1v) is 9.27. The minimum absolute atomic E-state index is 0.0572. The Morgan fingerprint density at radius 1 is 1.23 bits per heavy atom. The molecule has 26 heavy (non-hydrogen) atoms. The van der Waals surface area contributed by atoms with Crippen molar-refractivity contribution in [3.8, 4) is 11.5 Å². The monoisotopic (exact) mass is 412 g/mol. The number of nitrogens with one attached hydrogen (secondary N) is 1. The van der Waals surface area contributed by atoms with Gasteiger partial charge in [-0.25, -0.2) is 9.37 Å². The van der Waals surface area contributed by atoms with Crippen molar-refractivity contribution >= 4 is 39.7 Å². The summed E-state index contributed by atoms with van der Waals surface area (Å²) in [4.78, 5) is 4.16. The summed E-state index contributed by atoms with van der Waals surface area (Å²) in [6.07, 6.45) is 1.73. The van der Waals surface area contributed by atoms with Crippen LogP contribution >= 0.6 is 34.5 Å². The Labute approximate surface area is 164 Å². The second-order valence-corrected chi connectivity index (χ2v) is 7.00. The van der Waals surface area contributed by atoms with Gasteiger partial charge in [0.25, 0.3) is 0 Å². The van der Waals surface area contributed by atoms with Gasteiger partial charge in [0.15, 0.2) is 16.6 Å². The molecule has 0 atom stereocenters. The van der Waals surface area contributed by atoms with E-state index in [1.54, 1.807) is 24.4 Å². The summed E-state index contributed by atoms with van der Waals surface area (Å²) in [6, 6.07) is 8.05. The van der Waals surface area contributed by atoms with Crippen molar-refractivity contribution in [2.75, 3.05) is 12.4 Å². The lowest BCUT2D eigenvalue weighted by Gasteiger charge is -2.15. The minimum Gasteiger partial charge on any atom is -0.493 e. The van der Waals surface area contributed by atoms with E-state index >= 15 is 0 Å². The van der Waals surface area contributed by atoms with E-state index in [0.717, 1.165) is 10.7 Å². The highest BCUT2D eigenvalue weighted by molar-refractivity contribution is 7.13. The summed E-state index contributed by atoms with van der Waals surface area (Å²) in [5.41, 5.74) is 1.17. The number of aromatic nitrogens is 1. The van der Waals surface area contributed by atoms with Crippen LogP contribution in [0.1, 0.15) is 11.1 Å². The van der Waals surface area contributed by atoms with Crippen LogP contribution in [-0.4, -0.2) is 12.1 Å². The number of ether oxygens (including phenoxy) is 2. The molecule has 1 aromatic heterocycles. The van der Waals surface area contributed by atoms with Crippen molar-refractivity contribution < 1.29 is 13.9 Å². The average molecular weight is 413 g/mol. The zero-order valence-corrected chi connectivity index (χ0v) is 16.1. The third-order valence-electron chi connectivity index (χ3n) is 3.59. The maximum Gasteiger partial charge on any atom is 0.182 e. The molecule has 0 unspecified atom stereocenters. The fourth-order valence-corrected chi connectivity index (χ4v) is 3.35. The lowest BCUT2D eigenvalue weighted by Crippen LogP contribution is -2.04. The molecule has 0 fully saturated rings. The van der Waals surface area contributed by atoms with Crippen molar-refractivity contribution in [2.45, 2.75) is 13.2 Å². The van der Waals surface area contributed by atoms with Gasteiger partial charge in [-0.15, -0.1) is 11.3 Å². The Morgan fingerprint density at radius 2 is 2.08 bits per heavy atom. The first-order chi connectivity index (χ1) is 12.6. The van der Waals surface area contributed by atoms with Crippen LogP contribution in [0.15, 0.2) is 41.9 Å². The zero-order valence-electron chi connectivity index (χ0n) is 13.8. The van der Waals surface area contributed by atoms with Crippen LogP contribution in [0.4, 0.5) is 9.52 Å². The summed E-state index contributed by atoms with van der Waals surface area (Å²) in [7, 11) is 1.52. The molecular formula is C18H15Cl2FN2O2S. The number of halogens is 3. The van der Waals surface area contributed by atoms with Crippen molar-refractivity contribution in [3.05, 3.63) is 68.9 Å². The highest BCUT2D eigenvalue weighted by Crippen LogP contribution is 2.37. The van der Waals surface area contributed by atoms with E-state index in [1.165, 1.54) is 24.5 Å². The van der Waals surface area contributed by atoms with Gasteiger partial charge < -0.3 is 14.8 Å². The van der Waals surface area contributed by atoms with Crippen LogP contribution in [0, 0.1) is 5.82 Å². The molecule has 0 saturated heterocycles. The van der Waals surface area contributed by atoms with E-state index in [1.807, 2.05) is 11.4 Å². The van der Waals surface area contributed by atoms with Crippen molar-refractivity contribution in [1.82, 2.24) is 4.98 Å². The summed E-state index contributed by atoms with van der Waals surface area (Å²) < 4.78 is 25.0. The first-order valence-electron chi connectivity index (χ1n) is 7.64. The molecule has 0 aliphatic carbocycles. The molecule has 0 aliphatic heterocycles. The molecule has 8 heteroatoms. The molecule has 0 spiro atoms. The zero-order chi connectivity index (χ0) is 18.5. The van der Waals surface area contributed by atoms with Crippen LogP contribution in [0.3, 0.4) is 0 Å². The number of benzene rings is 2. The Morgan fingerprint density at radius 3 is 2.77 bits per heavy atom. The quantitative estimate of drug-likeness (QED) is 0.533. The topological polar surface area (TPSA) is 43.4 Å². The Balaban J connectivity index is 1.76. The second-order valence-electron chi connectivity index (χ2n) is 5.29. The van der Waals surface area contributed by atoms with Crippen LogP contribution in [-0.2, 0) is 13.2 Å². The molecule has 3 rings (SSSR count). The molecule has 0 saturated carbocycles. The van der Waals surface area contributed by atoms with E-state index in [4.69, 9.17) is 32.7 Å². The molecule has 0 radical (unpaired) electrons. The van der Waals surface area contributed by atoms with Crippen molar-refractivity contribution in [3.63, 3.8) is 0 Å². The molecule has 136 valence electrons. The van der Waals surface area contributed by atoms with Crippen LogP contribution in [0.25, 0.3) is 0 Å². The molecule has 0 aliphatic rings. The largest absolute Gasteiger partial charge is 0.493 e. The van der Waals surface area contributed by atoms with Gasteiger partial charge in [0, 0.05) is 23.7 Å². The fourth-order valence-electron chi connectivity index (χ4n) is 2.32. The lowest BCUT2D eigenvalue weighted by molar-refractivity contribution is 0.280. The lowest BCUT2D eigenvalue weighted by atomic mass is 10.2. The molecule has 0 amide bonds. The van der Waals surface area contributed by atoms with Gasteiger partial charge in [-0.3, -0.25) is 0 Å². The van der Waals surface area contributed by atoms with Crippen molar-refractivity contribution in [2.24, 2.45) is 0 Å². The van der Waals surface area contributed by atoms with Crippen molar-refractivity contribution in [1.29, 1.82) is 0 Å². The van der Waals surface area contributed by atoms with Crippen LogP contribution in [0.2, 0.25) is 10.0 Å². The van der Waals surface area contributed by atoms with Crippen LogP contribution < -0.4 is 14.8 Å². The van der Waals surface area contributed by atoms with E-state index in [0.29, 0.717) is 28.1 Å². The number of hydrogen-bond donors (Lipinski definition) is 1. The predicted molar refractivity (Wildman–Crippen MR) is 103 cm³/mol. The number of anilines is 1. The van der Waals surface area contributed by atoms with E-state index in [-0.39, 0.29) is 12.2 Å². The number of hydrogen-bond acceptors (Lipinski definition) is 5. The molecule has 1 N–H and O–H groups in total. The molecule has 1 heterocycles. The average Bonchev–Trinajstić information content (AvgIpc) is 3.14. The Hall–Kier alpha value is -2.02. The number of rotatable bonds is 7. The third-order valence-corrected chi connectivity index (χ3v) is 4.95. The normalized spacial score (nSPS) is 10.6. The molecule has 0 bridgehead atoms. The van der Waals surface area contributed by atoms with Gasteiger partial charge in [-0.2, -0.15) is 0 Å². The molecule has 3 aromatic rings. The van der Waals surface area contributed by atoms with E-state index in [9.17, 15) is 4.39 Å². The predicted octanol–water partition coefficient (Wildman–Crippen LogP) is 5.79. The van der Waals surface area contributed by atoms with Gasteiger partial charge in [0.05, 0.1) is 17.2 Å². The van der Waals surface area contributed by atoms with E-state index < -0.39 is 5.82 Å². The van der Waals surface area contributed by atoms with Gasteiger partial charge >= 0.3 is 0 Å². The number of nitrogens with zero attached hydrogens (tertiary/aromatic N) is 1. The van der Waals surface area contributed by atoms with Gasteiger partial charge in [-0.1, -0.05) is 29.3 Å². The van der Waals surface area contributed by atoms with Gasteiger partial charge in [0.2, 0.25) is 0 Å². The fraction of sp³-hybridized carbons (Fsp3) is 0.167. The summed E-state index contributed by atoms with van der Waals surface area (Å²) in [6.45, 7) is 0.474. The smallest absolute Gasteiger partial charge is 0.182 e. The van der Waals surface area contributed by atoms with Crippen LogP contribution in [0.5, 0.6) is 11.5 Å². The second kappa shape index (κ2) is 8.58.